The van der Waals surface area contributed by atoms with Gasteiger partial charge in [-0.1, -0.05) is 17.7 Å². The lowest BCUT2D eigenvalue weighted by Crippen LogP contribution is -2.44. The average molecular weight is 359 g/mol. The molecule has 2 atom stereocenters. The summed E-state index contributed by atoms with van der Waals surface area (Å²) in [4.78, 5) is 0. The van der Waals surface area contributed by atoms with Crippen molar-refractivity contribution in [2.75, 3.05) is 26.0 Å². The number of hydrogen-bond donors (Lipinski definition) is 2. The standard InChI is InChI=1S/C12H16ClFN2O3S.ClH/c1-20(17,18)16-11-7-15-4-5-19-12(11)8-2-3-9(13)10(14)6-8;/h2-3,6,11-12,15-16H,4-5,7H2,1H3;1H/t11-,12+;/m1./s1. The molecule has 5 nitrogen and oxygen atoms in total. The van der Waals surface area contributed by atoms with Crippen molar-refractivity contribution in [1.82, 2.24) is 10.0 Å². The third-order valence-corrected chi connectivity index (χ3v) is 3.98. The van der Waals surface area contributed by atoms with Crippen LogP contribution in [0.2, 0.25) is 5.02 Å². The second kappa shape index (κ2) is 7.71. The van der Waals surface area contributed by atoms with E-state index in [1.807, 2.05) is 0 Å². The molecule has 2 N–H and O–H groups in total. The Labute approximate surface area is 134 Å². The zero-order chi connectivity index (χ0) is 14.8. The van der Waals surface area contributed by atoms with Crippen molar-refractivity contribution in [2.45, 2.75) is 12.1 Å². The monoisotopic (exact) mass is 358 g/mol. The molecule has 1 fully saturated rings. The first-order valence-electron chi connectivity index (χ1n) is 6.11. The molecule has 120 valence electrons. The number of nitrogens with one attached hydrogen (secondary N) is 2. The maximum absolute atomic E-state index is 13.6. The molecular formula is C12H17Cl2FN2O3S. The molecule has 1 saturated heterocycles. The number of halogens is 3. The summed E-state index contributed by atoms with van der Waals surface area (Å²) in [5, 5.41) is 3.10. The maximum Gasteiger partial charge on any atom is 0.209 e. The van der Waals surface area contributed by atoms with Crippen LogP contribution >= 0.6 is 24.0 Å². The fraction of sp³-hybridized carbons (Fsp3) is 0.500. The van der Waals surface area contributed by atoms with E-state index >= 15 is 0 Å². The van der Waals surface area contributed by atoms with Crippen LogP contribution in [0.15, 0.2) is 18.2 Å². The molecule has 1 aliphatic rings. The minimum Gasteiger partial charge on any atom is -0.370 e. The Bertz CT molecular complexity index is 586. The first kappa shape index (κ1) is 18.6. The van der Waals surface area contributed by atoms with Crippen molar-refractivity contribution in [3.05, 3.63) is 34.6 Å². The Morgan fingerprint density at radius 3 is 2.81 bits per heavy atom. The van der Waals surface area contributed by atoms with Crippen LogP contribution in [0.4, 0.5) is 4.39 Å². The lowest BCUT2D eigenvalue weighted by Gasteiger charge is -2.25. The van der Waals surface area contributed by atoms with Crippen molar-refractivity contribution in [3.63, 3.8) is 0 Å². The van der Waals surface area contributed by atoms with Gasteiger partial charge in [-0.15, -0.1) is 12.4 Å². The third kappa shape index (κ3) is 5.36. The van der Waals surface area contributed by atoms with E-state index in [1.165, 1.54) is 12.1 Å². The van der Waals surface area contributed by atoms with Gasteiger partial charge in [-0.25, -0.2) is 17.5 Å². The number of rotatable bonds is 3. The minimum absolute atomic E-state index is 0. The van der Waals surface area contributed by atoms with Crippen LogP contribution in [0.5, 0.6) is 0 Å². The van der Waals surface area contributed by atoms with Gasteiger partial charge in [-0.2, -0.15) is 0 Å². The predicted octanol–water partition coefficient (Wildman–Crippen LogP) is 1.48. The van der Waals surface area contributed by atoms with E-state index in [9.17, 15) is 12.8 Å². The Morgan fingerprint density at radius 2 is 2.19 bits per heavy atom. The fourth-order valence-corrected chi connectivity index (χ4v) is 3.01. The Balaban J connectivity index is 0.00000220. The zero-order valence-corrected chi connectivity index (χ0v) is 13.7. The Hall–Kier alpha value is -0.440. The molecule has 21 heavy (non-hydrogen) atoms. The summed E-state index contributed by atoms with van der Waals surface area (Å²) in [6.07, 6.45) is 0.517. The van der Waals surface area contributed by atoms with Crippen LogP contribution in [0, 0.1) is 5.82 Å². The lowest BCUT2D eigenvalue weighted by atomic mass is 10.0. The summed E-state index contributed by atoms with van der Waals surface area (Å²) >= 11 is 5.65. The van der Waals surface area contributed by atoms with Crippen molar-refractivity contribution >= 4 is 34.0 Å². The SMILES string of the molecule is CS(=O)(=O)N[C@@H]1CNCCO[C@H]1c1ccc(Cl)c(F)c1.Cl. The van der Waals surface area contributed by atoms with Gasteiger partial charge in [0.05, 0.1) is 23.9 Å². The van der Waals surface area contributed by atoms with Crippen molar-refractivity contribution < 1.29 is 17.5 Å². The summed E-state index contributed by atoms with van der Waals surface area (Å²) < 4.78 is 44.6. The normalized spacial score (nSPS) is 23.2. The van der Waals surface area contributed by atoms with Crippen LogP contribution in [0.3, 0.4) is 0 Å². The smallest absolute Gasteiger partial charge is 0.209 e. The quantitative estimate of drug-likeness (QED) is 0.858. The average Bonchev–Trinajstić information content (AvgIpc) is 2.56. The van der Waals surface area contributed by atoms with Gasteiger partial charge in [0.15, 0.2) is 0 Å². The predicted molar refractivity (Wildman–Crippen MR) is 82.0 cm³/mol. The Kier molecular flexibility index (Phi) is 6.83. The molecule has 1 aliphatic heterocycles. The van der Waals surface area contributed by atoms with Gasteiger partial charge in [0.2, 0.25) is 10.0 Å². The molecule has 0 bridgehead atoms. The van der Waals surface area contributed by atoms with E-state index in [2.05, 4.69) is 10.0 Å². The molecule has 0 spiro atoms. The fourth-order valence-electron chi connectivity index (χ4n) is 2.14. The molecule has 0 radical (unpaired) electrons. The number of hydrogen-bond acceptors (Lipinski definition) is 4. The minimum atomic E-state index is -3.39. The number of benzene rings is 1. The van der Waals surface area contributed by atoms with Gasteiger partial charge in [0, 0.05) is 13.1 Å². The second-order valence-electron chi connectivity index (χ2n) is 4.67. The number of ether oxygens (including phenoxy) is 1. The van der Waals surface area contributed by atoms with Gasteiger partial charge in [0.25, 0.3) is 0 Å². The highest BCUT2D eigenvalue weighted by Crippen LogP contribution is 2.26. The first-order valence-corrected chi connectivity index (χ1v) is 8.38. The van der Waals surface area contributed by atoms with Crippen molar-refractivity contribution in [2.24, 2.45) is 0 Å². The topological polar surface area (TPSA) is 67.4 Å². The summed E-state index contributed by atoms with van der Waals surface area (Å²) in [6, 6.07) is 3.84. The van der Waals surface area contributed by atoms with E-state index in [1.54, 1.807) is 6.07 Å². The van der Waals surface area contributed by atoms with Crippen LogP contribution in [-0.4, -0.2) is 40.4 Å². The molecule has 2 rings (SSSR count). The summed E-state index contributed by atoms with van der Waals surface area (Å²) in [5.74, 6) is -0.553. The van der Waals surface area contributed by atoms with Gasteiger partial charge >= 0.3 is 0 Å². The maximum atomic E-state index is 13.6. The number of sulfonamides is 1. The van der Waals surface area contributed by atoms with Gasteiger partial charge in [0.1, 0.15) is 11.9 Å². The van der Waals surface area contributed by atoms with Gasteiger partial charge in [-0.05, 0) is 17.7 Å². The van der Waals surface area contributed by atoms with Gasteiger partial charge < -0.3 is 10.1 Å². The van der Waals surface area contributed by atoms with Crippen molar-refractivity contribution in [1.29, 1.82) is 0 Å². The van der Waals surface area contributed by atoms with E-state index in [4.69, 9.17) is 16.3 Å². The third-order valence-electron chi connectivity index (χ3n) is 2.94. The van der Waals surface area contributed by atoms with E-state index in [0.717, 1.165) is 6.26 Å². The molecule has 1 heterocycles. The van der Waals surface area contributed by atoms with Crippen LogP contribution < -0.4 is 10.0 Å². The molecule has 0 amide bonds. The van der Waals surface area contributed by atoms with E-state index in [-0.39, 0.29) is 17.4 Å². The van der Waals surface area contributed by atoms with Crippen molar-refractivity contribution in [3.8, 4) is 0 Å². The molecule has 0 aromatic heterocycles. The largest absolute Gasteiger partial charge is 0.370 e. The molecule has 1 aromatic rings. The van der Waals surface area contributed by atoms with Crippen LogP contribution in [0.1, 0.15) is 11.7 Å². The first-order chi connectivity index (χ1) is 9.37. The molecule has 0 aliphatic carbocycles. The van der Waals surface area contributed by atoms with E-state index in [0.29, 0.717) is 25.3 Å². The van der Waals surface area contributed by atoms with E-state index < -0.39 is 28.0 Å². The zero-order valence-electron chi connectivity index (χ0n) is 11.3. The highest BCUT2D eigenvalue weighted by atomic mass is 35.5. The summed E-state index contributed by atoms with van der Waals surface area (Å²) in [6.45, 7) is 1.42. The molecule has 0 unspecified atom stereocenters. The summed E-state index contributed by atoms with van der Waals surface area (Å²) in [5.41, 5.74) is 0.553. The van der Waals surface area contributed by atoms with Crippen LogP contribution in [0.25, 0.3) is 0 Å². The Morgan fingerprint density at radius 1 is 1.48 bits per heavy atom. The van der Waals surface area contributed by atoms with Crippen LogP contribution in [-0.2, 0) is 14.8 Å². The molecular weight excluding hydrogens is 342 g/mol. The molecule has 0 saturated carbocycles. The lowest BCUT2D eigenvalue weighted by molar-refractivity contribution is 0.0492. The van der Waals surface area contributed by atoms with Gasteiger partial charge in [-0.3, -0.25) is 0 Å². The molecule has 1 aromatic carbocycles. The highest BCUT2D eigenvalue weighted by Gasteiger charge is 2.28. The molecule has 9 heteroatoms. The second-order valence-corrected chi connectivity index (χ2v) is 6.85. The summed E-state index contributed by atoms with van der Waals surface area (Å²) in [7, 11) is -3.39. The highest BCUT2D eigenvalue weighted by molar-refractivity contribution is 7.88.